The number of halogens is 2. The van der Waals surface area contributed by atoms with E-state index in [0.717, 1.165) is 0 Å². The Balaban J connectivity index is 3.24. The molecule has 2 N–H and O–H groups in total. The first kappa shape index (κ1) is 13.3. The van der Waals surface area contributed by atoms with Gasteiger partial charge in [0.05, 0.1) is 5.25 Å². The Labute approximate surface area is 91.0 Å². The number of hydrogen-bond donors (Lipinski definition) is 2. The van der Waals surface area contributed by atoms with Gasteiger partial charge in [0.1, 0.15) is 0 Å². The number of alkyl halides is 2. The number of carboxylic acids is 1. The minimum atomic E-state index is -4.46. The van der Waals surface area contributed by atoms with Crippen LogP contribution >= 0.6 is 0 Å². The van der Waals surface area contributed by atoms with E-state index in [-0.39, 0.29) is 12.8 Å². The summed E-state index contributed by atoms with van der Waals surface area (Å²) in [7, 11) is -3.92. The monoisotopic (exact) mass is 258 g/mol. The van der Waals surface area contributed by atoms with Crippen LogP contribution in [-0.4, -0.2) is 47.6 Å². The Kier molecular flexibility index (Phi) is 3.01. The molecule has 1 fully saturated rings. The van der Waals surface area contributed by atoms with Crippen molar-refractivity contribution in [1.29, 1.82) is 0 Å². The van der Waals surface area contributed by atoms with Gasteiger partial charge in [-0.25, -0.2) is 13.2 Å². The summed E-state index contributed by atoms with van der Waals surface area (Å²) < 4.78 is 49.1. The fraction of sp³-hybridized carbons (Fsp3) is 0.875. The van der Waals surface area contributed by atoms with E-state index in [9.17, 15) is 27.1 Å². The van der Waals surface area contributed by atoms with Crippen LogP contribution in [0.15, 0.2) is 0 Å². The van der Waals surface area contributed by atoms with E-state index in [1.165, 1.54) is 0 Å². The van der Waals surface area contributed by atoms with E-state index in [1.54, 1.807) is 0 Å². The molecule has 16 heavy (non-hydrogen) atoms. The van der Waals surface area contributed by atoms with Gasteiger partial charge >= 0.3 is 11.9 Å². The second-order valence-corrected chi connectivity index (χ2v) is 6.24. The van der Waals surface area contributed by atoms with E-state index >= 15 is 0 Å². The van der Waals surface area contributed by atoms with Crippen LogP contribution in [0.4, 0.5) is 8.78 Å². The average molecular weight is 258 g/mol. The molecule has 1 aliphatic carbocycles. The molecule has 0 amide bonds. The zero-order valence-corrected chi connectivity index (χ0v) is 9.30. The maximum absolute atomic E-state index is 13.3. The lowest BCUT2D eigenvalue weighted by molar-refractivity contribution is -0.205. The number of carboxylic acid groups (broad SMARTS) is 1. The topological polar surface area (TPSA) is 91.7 Å². The molecule has 1 rings (SSSR count). The molecule has 94 valence electrons. The number of aliphatic carboxylic acids is 1. The smallest absolute Gasteiger partial charge is 0.377 e. The predicted molar refractivity (Wildman–Crippen MR) is 50.0 cm³/mol. The van der Waals surface area contributed by atoms with Crippen LogP contribution in [0.1, 0.15) is 19.3 Å². The van der Waals surface area contributed by atoms with Crippen LogP contribution in [0.5, 0.6) is 0 Å². The van der Waals surface area contributed by atoms with Gasteiger partial charge < -0.3 is 10.2 Å². The normalized spacial score (nSPS) is 31.6. The molecule has 2 atom stereocenters. The minimum absolute atomic E-state index is 0.0527. The zero-order valence-electron chi connectivity index (χ0n) is 8.48. The SMILES string of the molecule is CS(=O)(=O)C1CCCC1(O)C(F)(F)C(=O)O. The van der Waals surface area contributed by atoms with E-state index in [4.69, 9.17) is 5.11 Å². The highest BCUT2D eigenvalue weighted by Crippen LogP contribution is 2.45. The van der Waals surface area contributed by atoms with Crippen molar-refractivity contribution in [3.8, 4) is 0 Å². The third-order valence-corrected chi connectivity index (χ3v) is 4.55. The third-order valence-electron chi connectivity index (χ3n) is 2.89. The summed E-state index contributed by atoms with van der Waals surface area (Å²) in [6.07, 6.45) is 0.0746. The van der Waals surface area contributed by atoms with E-state index < -0.39 is 39.0 Å². The molecule has 1 aliphatic rings. The van der Waals surface area contributed by atoms with Gasteiger partial charge in [0.2, 0.25) is 0 Å². The van der Waals surface area contributed by atoms with Crippen LogP contribution in [0.2, 0.25) is 0 Å². The van der Waals surface area contributed by atoms with E-state index in [0.29, 0.717) is 6.26 Å². The minimum Gasteiger partial charge on any atom is -0.477 e. The number of hydrogen-bond acceptors (Lipinski definition) is 4. The first-order chi connectivity index (χ1) is 7.03. The Morgan fingerprint density at radius 3 is 2.38 bits per heavy atom. The zero-order chi connectivity index (χ0) is 12.8. The van der Waals surface area contributed by atoms with Crippen molar-refractivity contribution in [3.05, 3.63) is 0 Å². The molecule has 0 spiro atoms. The molecule has 2 unspecified atom stereocenters. The van der Waals surface area contributed by atoms with Crippen LogP contribution in [0.25, 0.3) is 0 Å². The summed E-state index contributed by atoms with van der Waals surface area (Å²) in [4.78, 5) is 10.4. The number of aliphatic hydroxyl groups is 1. The summed E-state index contributed by atoms with van der Waals surface area (Å²) in [5.41, 5.74) is -3.01. The Morgan fingerprint density at radius 2 is 2.00 bits per heavy atom. The highest BCUT2D eigenvalue weighted by atomic mass is 32.2. The molecule has 0 bridgehead atoms. The standard InChI is InChI=1S/C8H12F2O5S/c1-16(14,15)5-3-2-4-7(5,13)8(9,10)6(11)12/h5,13H,2-4H2,1H3,(H,11,12). The van der Waals surface area contributed by atoms with Crippen molar-refractivity contribution in [2.24, 2.45) is 0 Å². The van der Waals surface area contributed by atoms with Crippen LogP contribution in [0.3, 0.4) is 0 Å². The van der Waals surface area contributed by atoms with Crippen molar-refractivity contribution in [2.75, 3.05) is 6.26 Å². The van der Waals surface area contributed by atoms with Crippen molar-refractivity contribution < 1.29 is 32.2 Å². The van der Waals surface area contributed by atoms with Crippen LogP contribution in [0, 0.1) is 0 Å². The van der Waals surface area contributed by atoms with Crippen molar-refractivity contribution in [2.45, 2.75) is 36.0 Å². The Morgan fingerprint density at radius 1 is 1.50 bits per heavy atom. The molecule has 0 heterocycles. The quantitative estimate of drug-likeness (QED) is 0.745. The molecular formula is C8H12F2O5S. The molecule has 0 aromatic heterocycles. The Hall–Kier alpha value is -0.760. The maximum atomic E-state index is 13.3. The van der Waals surface area contributed by atoms with Crippen molar-refractivity contribution in [3.63, 3.8) is 0 Å². The summed E-state index contributed by atoms with van der Waals surface area (Å²) in [5, 5.41) is 16.3. The van der Waals surface area contributed by atoms with Crippen molar-refractivity contribution in [1.82, 2.24) is 0 Å². The maximum Gasteiger partial charge on any atom is 0.377 e. The molecule has 0 saturated heterocycles. The number of carbonyl (C=O) groups is 1. The fourth-order valence-corrected chi connectivity index (χ4v) is 3.64. The first-order valence-electron chi connectivity index (χ1n) is 4.56. The average Bonchev–Trinajstić information content (AvgIpc) is 2.47. The highest BCUT2D eigenvalue weighted by Gasteiger charge is 2.66. The second kappa shape index (κ2) is 3.63. The fourth-order valence-electron chi connectivity index (χ4n) is 2.07. The summed E-state index contributed by atoms with van der Waals surface area (Å²) in [6.45, 7) is 0. The summed E-state index contributed by atoms with van der Waals surface area (Å²) in [6, 6.07) is 0. The van der Waals surface area contributed by atoms with Gasteiger partial charge in [0.15, 0.2) is 15.4 Å². The molecule has 0 aliphatic heterocycles. The largest absolute Gasteiger partial charge is 0.477 e. The van der Waals surface area contributed by atoms with Gasteiger partial charge in [-0.05, 0) is 19.3 Å². The lowest BCUT2D eigenvalue weighted by atomic mass is 9.93. The van der Waals surface area contributed by atoms with Gasteiger partial charge in [0, 0.05) is 6.26 Å². The van der Waals surface area contributed by atoms with Crippen LogP contribution < -0.4 is 0 Å². The van der Waals surface area contributed by atoms with E-state index in [1.807, 2.05) is 0 Å². The molecule has 1 saturated carbocycles. The van der Waals surface area contributed by atoms with Crippen LogP contribution in [-0.2, 0) is 14.6 Å². The molecule has 0 radical (unpaired) electrons. The number of rotatable bonds is 3. The predicted octanol–water partition coefficient (Wildman–Crippen LogP) is 0.0345. The third kappa shape index (κ3) is 1.80. The summed E-state index contributed by atoms with van der Waals surface area (Å²) in [5.74, 6) is -6.97. The first-order valence-corrected chi connectivity index (χ1v) is 6.51. The molecule has 0 aromatic rings. The lowest BCUT2D eigenvalue weighted by Crippen LogP contribution is -2.59. The van der Waals surface area contributed by atoms with Crippen molar-refractivity contribution >= 4 is 15.8 Å². The molecule has 8 heteroatoms. The van der Waals surface area contributed by atoms with Gasteiger partial charge in [0.25, 0.3) is 0 Å². The highest BCUT2D eigenvalue weighted by molar-refractivity contribution is 7.91. The lowest BCUT2D eigenvalue weighted by Gasteiger charge is -2.33. The number of sulfone groups is 1. The van der Waals surface area contributed by atoms with Gasteiger partial charge in [-0.1, -0.05) is 0 Å². The molecule has 5 nitrogen and oxygen atoms in total. The second-order valence-electron chi connectivity index (χ2n) is 4.01. The van der Waals surface area contributed by atoms with E-state index in [2.05, 4.69) is 0 Å². The van der Waals surface area contributed by atoms with Gasteiger partial charge in [-0.2, -0.15) is 8.78 Å². The molecule has 0 aromatic carbocycles. The molecular weight excluding hydrogens is 246 g/mol. The van der Waals surface area contributed by atoms with Gasteiger partial charge in [-0.3, -0.25) is 0 Å². The summed E-state index contributed by atoms with van der Waals surface area (Å²) >= 11 is 0. The van der Waals surface area contributed by atoms with Gasteiger partial charge in [-0.15, -0.1) is 0 Å². The Bertz CT molecular complexity index is 405.